The molecule has 0 spiro atoms. The van der Waals surface area contributed by atoms with Gasteiger partial charge >= 0.3 is 0 Å². The van der Waals surface area contributed by atoms with Gasteiger partial charge < -0.3 is 15.6 Å². The van der Waals surface area contributed by atoms with Crippen LogP contribution in [0.15, 0.2) is 12.1 Å². The lowest BCUT2D eigenvalue weighted by Gasteiger charge is -2.12. The highest BCUT2D eigenvalue weighted by Gasteiger charge is 2.12. The van der Waals surface area contributed by atoms with E-state index >= 15 is 0 Å². The van der Waals surface area contributed by atoms with Crippen molar-refractivity contribution in [2.75, 3.05) is 13.7 Å². The van der Waals surface area contributed by atoms with Crippen molar-refractivity contribution in [3.8, 4) is 5.75 Å². The maximum atomic E-state index is 12.9. The van der Waals surface area contributed by atoms with E-state index in [1.54, 1.807) is 0 Å². The van der Waals surface area contributed by atoms with E-state index in [1.807, 2.05) is 0 Å². The number of ether oxygens (including phenoxy) is 1. The Morgan fingerprint density at radius 3 is 2.53 bits per heavy atom. The molecule has 1 aromatic carbocycles. The monoisotopic (exact) mass is 217 g/mol. The first-order valence-corrected chi connectivity index (χ1v) is 4.46. The van der Waals surface area contributed by atoms with Crippen LogP contribution in [-0.2, 0) is 6.42 Å². The van der Waals surface area contributed by atoms with Gasteiger partial charge in [0.05, 0.1) is 13.7 Å². The van der Waals surface area contributed by atoms with Crippen LogP contribution in [0.25, 0.3) is 0 Å². The van der Waals surface area contributed by atoms with E-state index < -0.39 is 17.7 Å². The number of aliphatic hydroxyl groups excluding tert-OH is 1. The fourth-order valence-corrected chi connectivity index (χ4v) is 1.27. The van der Waals surface area contributed by atoms with Gasteiger partial charge in [-0.25, -0.2) is 8.78 Å². The van der Waals surface area contributed by atoms with E-state index in [2.05, 4.69) is 0 Å². The first-order chi connectivity index (χ1) is 7.08. The first kappa shape index (κ1) is 11.9. The number of aliphatic hydroxyl groups is 1. The highest BCUT2D eigenvalue weighted by atomic mass is 19.2. The van der Waals surface area contributed by atoms with Crippen LogP contribution in [0.3, 0.4) is 0 Å². The van der Waals surface area contributed by atoms with Gasteiger partial charge in [0.25, 0.3) is 0 Å². The van der Waals surface area contributed by atoms with Crippen LogP contribution in [0, 0.1) is 11.6 Å². The van der Waals surface area contributed by atoms with Crippen LogP contribution in [0.2, 0.25) is 0 Å². The van der Waals surface area contributed by atoms with Crippen molar-refractivity contribution < 1.29 is 18.6 Å². The lowest BCUT2D eigenvalue weighted by atomic mass is 10.1. The van der Waals surface area contributed by atoms with Crippen LogP contribution in [-0.4, -0.2) is 24.9 Å². The Kier molecular flexibility index (Phi) is 3.99. The third-order valence-corrected chi connectivity index (χ3v) is 2.04. The van der Waals surface area contributed by atoms with Crippen LogP contribution >= 0.6 is 0 Å². The van der Waals surface area contributed by atoms with Gasteiger partial charge in [-0.1, -0.05) is 0 Å². The van der Waals surface area contributed by atoms with Crippen LogP contribution in [0.4, 0.5) is 8.78 Å². The van der Waals surface area contributed by atoms with Gasteiger partial charge in [-0.3, -0.25) is 0 Å². The summed E-state index contributed by atoms with van der Waals surface area (Å²) in [6, 6.07) is 1.49. The SMILES string of the molecule is COc1cc(F)c(F)cc1CC(N)CO. The molecule has 1 rings (SSSR count). The molecule has 15 heavy (non-hydrogen) atoms. The van der Waals surface area contributed by atoms with Crippen molar-refractivity contribution in [2.45, 2.75) is 12.5 Å². The molecular weight excluding hydrogens is 204 g/mol. The van der Waals surface area contributed by atoms with Crippen LogP contribution in [0.1, 0.15) is 5.56 Å². The fourth-order valence-electron chi connectivity index (χ4n) is 1.27. The molecule has 0 fully saturated rings. The molecule has 84 valence electrons. The summed E-state index contributed by atoms with van der Waals surface area (Å²) in [6.07, 6.45) is 0.233. The molecule has 0 saturated carbocycles. The smallest absolute Gasteiger partial charge is 0.162 e. The molecule has 0 amide bonds. The molecule has 0 heterocycles. The molecule has 0 aliphatic rings. The topological polar surface area (TPSA) is 55.5 Å². The molecule has 3 N–H and O–H groups in total. The van der Waals surface area contributed by atoms with E-state index in [0.29, 0.717) is 5.56 Å². The van der Waals surface area contributed by atoms with Crippen molar-refractivity contribution in [1.82, 2.24) is 0 Å². The van der Waals surface area contributed by atoms with Gasteiger partial charge in [-0.2, -0.15) is 0 Å². The van der Waals surface area contributed by atoms with E-state index in [1.165, 1.54) is 7.11 Å². The number of hydrogen-bond acceptors (Lipinski definition) is 3. The Balaban J connectivity index is 2.99. The highest BCUT2D eigenvalue weighted by molar-refractivity contribution is 5.35. The molecule has 1 atom stereocenters. The van der Waals surface area contributed by atoms with E-state index in [9.17, 15) is 8.78 Å². The summed E-state index contributed by atoms with van der Waals surface area (Å²) in [6.45, 7) is -0.220. The molecule has 0 aromatic heterocycles. The molecule has 1 unspecified atom stereocenters. The van der Waals surface area contributed by atoms with Gasteiger partial charge in [-0.05, 0) is 18.1 Å². The molecule has 3 nitrogen and oxygen atoms in total. The lowest BCUT2D eigenvalue weighted by Crippen LogP contribution is -2.27. The van der Waals surface area contributed by atoms with Gasteiger partial charge in [-0.15, -0.1) is 0 Å². The Labute approximate surface area is 86.5 Å². The van der Waals surface area contributed by atoms with Crippen LogP contribution in [0.5, 0.6) is 5.75 Å². The number of benzene rings is 1. The number of methoxy groups -OCH3 is 1. The second-order valence-corrected chi connectivity index (χ2v) is 3.22. The second-order valence-electron chi connectivity index (χ2n) is 3.22. The van der Waals surface area contributed by atoms with E-state index in [4.69, 9.17) is 15.6 Å². The van der Waals surface area contributed by atoms with Gasteiger partial charge in [0, 0.05) is 12.1 Å². The predicted molar refractivity (Wildman–Crippen MR) is 51.7 cm³/mol. The fraction of sp³-hybridized carbons (Fsp3) is 0.400. The maximum Gasteiger partial charge on any atom is 0.162 e. The summed E-state index contributed by atoms with van der Waals surface area (Å²) in [5, 5.41) is 8.75. The zero-order valence-electron chi connectivity index (χ0n) is 8.34. The minimum atomic E-state index is -0.965. The molecule has 5 heteroatoms. The molecule has 0 radical (unpaired) electrons. The van der Waals surface area contributed by atoms with Crippen molar-refractivity contribution in [3.63, 3.8) is 0 Å². The van der Waals surface area contributed by atoms with Crippen molar-refractivity contribution in [3.05, 3.63) is 29.3 Å². The Morgan fingerprint density at radius 1 is 1.40 bits per heavy atom. The van der Waals surface area contributed by atoms with Crippen molar-refractivity contribution >= 4 is 0 Å². The molecule has 0 bridgehead atoms. The summed E-state index contributed by atoms with van der Waals surface area (Å²) < 4.78 is 30.6. The largest absolute Gasteiger partial charge is 0.496 e. The number of hydrogen-bond donors (Lipinski definition) is 2. The molecule has 0 saturated heterocycles. The van der Waals surface area contributed by atoms with Crippen LogP contribution < -0.4 is 10.5 Å². The quantitative estimate of drug-likeness (QED) is 0.785. The predicted octanol–water partition coefficient (Wildman–Crippen LogP) is 0.835. The third kappa shape index (κ3) is 2.87. The average Bonchev–Trinajstić information content (AvgIpc) is 2.22. The Morgan fingerprint density at radius 2 is 2.00 bits per heavy atom. The summed E-state index contributed by atoms with van der Waals surface area (Å²) >= 11 is 0. The molecule has 1 aromatic rings. The summed E-state index contributed by atoms with van der Waals surface area (Å²) in [5.41, 5.74) is 5.94. The number of nitrogens with two attached hydrogens (primary N) is 1. The van der Waals surface area contributed by atoms with Crippen molar-refractivity contribution in [1.29, 1.82) is 0 Å². The van der Waals surface area contributed by atoms with E-state index in [0.717, 1.165) is 12.1 Å². The van der Waals surface area contributed by atoms with Gasteiger partial charge in [0.1, 0.15) is 5.75 Å². The number of halogens is 2. The average molecular weight is 217 g/mol. The normalized spacial score (nSPS) is 12.6. The zero-order chi connectivity index (χ0) is 11.4. The first-order valence-electron chi connectivity index (χ1n) is 4.46. The lowest BCUT2D eigenvalue weighted by molar-refractivity contribution is 0.264. The molecular formula is C10H13F2NO2. The van der Waals surface area contributed by atoms with Crippen molar-refractivity contribution in [2.24, 2.45) is 5.73 Å². The van der Waals surface area contributed by atoms with Gasteiger partial charge in [0.2, 0.25) is 0 Å². The Bertz CT molecular complexity index is 344. The third-order valence-electron chi connectivity index (χ3n) is 2.04. The highest BCUT2D eigenvalue weighted by Crippen LogP contribution is 2.23. The maximum absolute atomic E-state index is 12.9. The number of rotatable bonds is 4. The minimum absolute atomic E-state index is 0.220. The summed E-state index contributed by atoms with van der Waals surface area (Å²) in [5.74, 6) is -1.68. The zero-order valence-corrected chi connectivity index (χ0v) is 8.34. The Hall–Kier alpha value is -1.20. The minimum Gasteiger partial charge on any atom is -0.496 e. The second kappa shape index (κ2) is 5.04. The van der Waals surface area contributed by atoms with Gasteiger partial charge in [0.15, 0.2) is 11.6 Å². The molecule has 0 aliphatic carbocycles. The van der Waals surface area contributed by atoms with E-state index in [-0.39, 0.29) is 18.8 Å². The molecule has 0 aliphatic heterocycles. The summed E-state index contributed by atoms with van der Waals surface area (Å²) in [7, 11) is 1.36. The standard InChI is InChI=1S/C10H13F2NO2/c1-15-10-4-9(12)8(11)3-6(10)2-7(13)5-14/h3-4,7,14H,2,5,13H2,1H3. The summed E-state index contributed by atoms with van der Waals surface area (Å²) in [4.78, 5) is 0.